The van der Waals surface area contributed by atoms with E-state index in [0.717, 1.165) is 26.7 Å². The van der Waals surface area contributed by atoms with Crippen LogP contribution in [0.15, 0.2) is 12.1 Å². The number of benzene rings is 1. The number of amides is 1. The van der Waals surface area contributed by atoms with Crippen molar-refractivity contribution in [3.8, 4) is 11.5 Å². The Labute approximate surface area is 159 Å². The summed E-state index contributed by atoms with van der Waals surface area (Å²) in [5.41, 5.74) is 1.45. The van der Waals surface area contributed by atoms with Gasteiger partial charge < -0.3 is 9.47 Å². The van der Waals surface area contributed by atoms with Gasteiger partial charge >= 0.3 is 0 Å². The lowest BCUT2D eigenvalue weighted by Gasteiger charge is -2.17. The molecule has 136 valence electrons. The van der Waals surface area contributed by atoms with Crippen molar-refractivity contribution in [2.45, 2.75) is 33.1 Å². The number of aryl methyl sites for hydroxylation is 1. The molecule has 1 N–H and O–H groups in total. The molecular weight excluding hydrogens is 370 g/mol. The number of carbonyl (C=O) groups is 1. The number of nitrogens with zero attached hydrogens (tertiary/aromatic N) is 2. The summed E-state index contributed by atoms with van der Waals surface area (Å²) in [4.78, 5) is 22.4. The third-order valence-electron chi connectivity index (χ3n) is 3.92. The number of rotatable bonds is 2. The molecule has 1 aliphatic rings. The summed E-state index contributed by atoms with van der Waals surface area (Å²) in [5, 5.41) is 4.40. The zero-order chi connectivity index (χ0) is 18.5. The van der Waals surface area contributed by atoms with Gasteiger partial charge in [0.05, 0.1) is 20.9 Å². The Bertz CT molecular complexity index is 958. The van der Waals surface area contributed by atoms with Gasteiger partial charge in [0, 0.05) is 17.5 Å². The van der Waals surface area contributed by atoms with E-state index in [2.05, 4.69) is 36.1 Å². The van der Waals surface area contributed by atoms with E-state index >= 15 is 0 Å². The van der Waals surface area contributed by atoms with Gasteiger partial charge in [0.15, 0.2) is 16.6 Å². The Morgan fingerprint density at radius 1 is 1.12 bits per heavy atom. The van der Waals surface area contributed by atoms with Gasteiger partial charge in [-0.15, -0.1) is 11.3 Å². The monoisotopic (exact) mass is 389 g/mol. The van der Waals surface area contributed by atoms with Crippen molar-refractivity contribution in [3.63, 3.8) is 0 Å². The summed E-state index contributed by atoms with van der Waals surface area (Å²) < 4.78 is 12.1. The fourth-order valence-electron chi connectivity index (χ4n) is 2.60. The molecule has 0 spiro atoms. The number of fused-ring (bicyclic) bond motifs is 2. The summed E-state index contributed by atoms with van der Waals surface area (Å²) in [6.07, 6.45) is 0. The quantitative estimate of drug-likeness (QED) is 0.704. The number of aromatic nitrogens is 2. The van der Waals surface area contributed by atoms with Crippen LogP contribution in [0.25, 0.3) is 10.2 Å². The van der Waals surface area contributed by atoms with Crippen LogP contribution in [0.5, 0.6) is 11.5 Å². The zero-order valence-electron chi connectivity index (χ0n) is 15.0. The molecule has 8 heteroatoms. The largest absolute Gasteiger partial charge is 0.486 e. The average Bonchev–Trinajstić information content (AvgIpc) is 3.14. The van der Waals surface area contributed by atoms with E-state index in [4.69, 9.17) is 9.47 Å². The van der Waals surface area contributed by atoms with Crippen molar-refractivity contribution >= 4 is 43.9 Å². The van der Waals surface area contributed by atoms with Crippen LogP contribution in [-0.4, -0.2) is 29.1 Å². The Morgan fingerprint density at radius 2 is 1.81 bits per heavy atom. The van der Waals surface area contributed by atoms with Crippen molar-refractivity contribution in [2.75, 3.05) is 18.5 Å². The molecule has 3 heterocycles. The number of hydrogen-bond donors (Lipinski definition) is 1. The summed E-state index contributed by atoms with van der Waals surface area (Å²) in [7, 11) is 0. The van der Waals surface area contributed by atoms with Gasteiger partial charge in [0.1, 0.15) is 18.1 Å². The topological polar surface area (TPSA) is 73.3 Å². The van der Waals surface area contributed by atoms with Crippen molar-refractivity contribution < 1.29 is 14.3 Å². The minimum Gasteiger partial charge on any atom is -0.486 e. The lowest BCUT2D eigenvalue weighted by atomic mass is 9.98. The molecule has 0 bridgehead atoms. The third kappa shape index (κ3) is 3.14. The van der Waals surface area contributed by atoms with Crippen molar-refractivity contribution in [1.29, 1.82) is 0 Å². The number of thiazole rings is 2. The van der Waals surface area contributed by atoms with Gasteiger partial charge in [-0.3, -0.25) is 10.1 Å². The van der Waals surface area contributed by atoms with E-state index in [9.17, 15) is 4.79 Å². The second-order valence-electron chi connectivity index (χ2n) is 7.12. The fourth-order valence-corrected chi connectivity index (χ4v) is 4.49. The summed E-state index contributed by atoms with van der Waals surface area (Å²) in [6.45, 7) is 9.21. The second kappa shape index (κ2) is 6.21. The molecule has 0 unspecified atom stereocenters. The summed E-state index contributed by atoms with van der Waals surface area (Å²) >= 11 is 2.85. The molecule has 1 amide bonds. The van der Waals surface area contributed by atoms with Crippen LogP contribution in [0, 0.1) is 6.92 Å². The SMILES string of the molecule is Cc1nc(C(C)(C)C)sc1C(=O)Nc1nc2cc3c(cc2s1)OCCO3. The first-order valence-corrected chi connectivity index (χ1v) is 9.94. The molecule has 1 aromatic carbocycles. The summed E-state index contributed by atoms with van der Waals surface area (Å²) in [5.74, 6) is 1.24. The molecule has 2 aromatic heterocycles. The predicted molar refractivity (Wildman–Crippen MR) is 104 cm³/mol. The van der Waals surface area contributed by atoms with E-state index in [1.165, 1.54) is 22.7 Å². The minimum absolute atomic E-state index is 0.0805. The predicted octanol–water partition coefficient (Wildman–Crippen LogP) is 4.38. The Kier molecular flexibility index (Phi) is 4.11. The smallest absolute Gasteiger partial charge is 0.269 e. The van der Waals surface area contributed by atoms with Gasteiger partial charge in [-0.2, -0.15) is 0 Å². The normalized spacial score (nSPS) is 13.8. The van der Waals surface area contributed by atoms with Crippen LogP contribution in [0.2, 0.25) is 0 Å². The molecule has 0 atom stereocenters. The fraction of sp³-hybridized carbons (Fsp3) is 0.389. The maximum Gasteiger partial charge on any atom is 0.269 e. The molecule has 4 rings (SSSR count). The van der Waals surface area contributed by atoms with Gasteiger partial charge in [0.2, 0.25) is 0 Å². The average molecular weight is 390 g/mol. The first-order valence-electron chi connectivity index (χ1n) is 8.31. The molecule has 0 saturated carbocycles. The molecular formula is C18H19N3O3S2. The van der Waals surface area contributed by atoms with Crippen molar-refractivity contribution in [3.05, 3.63) is 27.7 Å². The highest BCUT2D eigenvalue weighted by molar-refractivity contribution is 7.22. The number of hydrogen-bond acceptors (Lipinski definition) is 7. The lowest BCUT2D eigenvalue weighted by Crippen LogP contribution is -2.15. The zero-order valence-corrected chi connectivity index (χ0v) is 16.6. The second-order valence-corrected chi connectivity index (χ2v) is 9.15. The van der Waals surface area contributed by atoms with Gasteiger partial charge in [0.25, 0.3) is 5.91 Å². The highest BCUT2D eigenvalue weighted by atomic mass is 32.1. The number of nitrogens with one attached hydrogen (secondary N) is 1. The molecule has 1 aliphatic heterocycles. The standard InChI is InChI=1S/C18H19N3O3S2/c1-9-14(26-16(19-9)18(2,3)4)15(22)21-17-20-10-7-11-12(8-13(10)25-17)24-6-5-23-11/h7-8H,5-6H2,1-4H3,(H,20,21,22). The van der Waals surface area contributed by atoms with Gasteiger partial charge in [-0.05, 0) is 6.92 Å². The lowest BCUT2D eigenvalue weighted by molar-refractivity contribution is 0.103. The maximum atomic E-state index is 12.7. The van der Waals surface area contributed by atoms with Crippen LogP contribution in [0.3, 0.4) is 0 Å². The van der Waals surface area contributed by atoms with Gasteiger partial charge in [-0.1, -0.05) is 32.1 Å². The molecule has 0 radical (unpaired) electrons. The Hall–Kier alpha value is -2.19. The Morgan fingerprint density at radius 3 is 2.46 bits per heavy atom. The molecule has 6 nitrogen and oxygen atoms in total. The highest BCUT2D eigenvalue weighted by Gasteiger charge is 2.24. The molecule has 0 saturated heterocycles. The van der Waals surface area contributed by atoms with E-state index in [1.807, 2.05) is 19.1 Å². The maximum absolute atomic E-state index is 12.7. The van der Waals surface area contributed by atoms with E-state index in [0.29, 0.717) is 29.0 Å². The molecule has 0 aliphatic carbocycles. The van der Waals surface area contributed by atoms with Crippen molar-refractivity contribution in [1.82, 2.24) is 9.97 Å². The molecule has 3 aromatic rings. The third-order valence-corrected chi connectivity index (χ3v) is 6.43. The van der Waals surface area contributed by atoms with E-state index < -0.39 is 0 Å². The van der Waals surface area contributed by atoms with E-state index in [-0.39, 0.29) is 11.3 Å². The first-order chi connectivity index (χ1) is 12.3. The summed E-state index contributed by atoms with van der Waals surface area (Å²) in [6, 6.07) is 3.76. The highest BCUT2D eigenvalue weighted by Crippen LogP contribution is 2.38. The number of ether oxygens (including phenoxy) is 2. The molecule has 26 heavy (non-hydrogen) atoms. The first kappa shape index (κ1) is 17.2. The van der Waals surface area contributed by atoms with Crippen LogP contribution >= 0.6 is 22.7 Å². The van der Waals surface area contributed by atoms with Crippen LogP contribution < -0.4 is 14.8 Å². The van der Waals surface area contributed by atoms with Crippen LogP contribution in [-0.2, 0) is 5.41 Å². The number of carbonyl (C=O) groups excluding carboxylic acids is 1. The van der Waals surface area contributed by atoms with Crippen molar-refractivity contribution in [2.24, 2.45) is 0 Å². The van der Waals surface area contributed by atoms with Gasteiger partial charge in [-0.25, -0.2) is 9.97 Å². The minimum atomic E-state index is -0.174. The van der Waals surface area contributed by atoms with Crippen LogP contribution in [0.1, 0.15) is 41.1 Å². The van der Waals surface area contributed by atoms with E-state index in [1.54, 1.807) is 0 Å². The van der Waals surface area contributed by atoms with Crippen LogP contribution in [0.4, 0.5) is 5.13 Å². The number of anilines is 1. The Balaban J connectivity index is 1.61. The molecule has 0 fully saturated rings.